The number of rotatable bonds is 5. The summed E-state index contributed by atoms with van der Waals surface area (Å²) in [6.45, 7) is 0.0525. The summed E-state index contributed by atoms with van der Waals surface area (Å²) < 4.78 is 65.6. The minimum Gasteiger partial charge on any atom is -0.489 e. The van der Waals surface area contributed by atoms with E-state index in [0.29, 0.717) is 11.3 Å². The quantitative estimate of drug-likeness (QED) is 0.817. The van der Waals surface area contributed by atoms with Gasteiger partial charge in [0.25, 0.3) is 0 Å². The number of hydrogen-bond acceptors (Lipinski definition) is 3. The Hall–Kier alpha value is -1.73. The van der Waals surface area contributed by atoms with Gasteiger partial charge in [-0.3, -0.25) is 0 Å². The van der Waals surface area contributed by atoms with Gasteiger partial charge in [-0.05, 0) is 29.8 Å². The Balaban J connectivity index is 2.07. The van der Waals surface area contributed by atoms with Crippen molar-refractivity contribution in [2.24, 2.45) is 0 Å². The zero-order valence-corrected chi connectivity index (χ0v) is 12.5. The van der Waals surface area contributed by atoms with Crippen LogP contribution in [-0.2, 0) is 16.4 Å². The van der Waals surface area contributed by atoms with Gasteiger partial charge in [0.15, 0.2) is 0 Å². The second-order valence-corrected chi connectivity index (χ2v) is 6.64. The van der Waals surface area contributed by atoms with Crippen molar-refractivity contribution in [1.82, 2.24) is 0 Å². The van der Waals surface area contributed by atoms with E-state index in [4.69, 9.17) is 16.3 Å². The summed E-state index contributed by atoms with van der Waals surface area (Å²) in [6, 6.07) is 8.72. The lowest BCUT2D eigenvalue weighted by Crippen LogP contribution is -2.11. The fourth-order valence-corrected chi connectivity index (χ4v) is 2.50. The van der Waals surface area contributed by atoms with Crippen molar-refractivity contribution in [3.05, 3.63) is 58.9 Å². The summed E-state index contributed by atoms with van der Waals surface area (Å²) in [6.07, 6.45) is 0. The monoisotopic (exact) mass is 350 g/mol. The maximum atomic E-state index is 13.0. The minimum atomic E-state index is -4.60. The second-order valence-electron chi connectivity index (χ2n) is 4.31. The molecule has 0 aliphatic carbocycles. The molecule has 0 atom stereocenters. The maximum Gasteiger partial charge on any atom is 0.341 e. The van der Waals surface area contributed by atoms with Crippen molar-refractivity contribution in [3.8, 4) is 5.75 Å². The van der Waals surface area contributed by atoms with Crippen molar-refractivity contribution in [2.45, 2.75) is 17.3 Å². The lowest BCUT2D eigenvalue weighted by Gasteiger charge is -2.08. The van der Waals surface area contributed by atoms with Gasteiger partial charge in [-0.15, -0.1) is 0 Å². The normalized spacial score (nSPS) is 11.7. The van der Waals surface area contributed by atoms with Gasteiger partial charge in [0.2, 0.25) is 9.84 Å². The highest BCUT2D eigenvalue weighted by Gasteiger charge is 2.26. The molecular formula is C14H10ClF3O3S. The lowest BCUT2D eigenvalue weighted by molar-refractivity contribution is 0.234. The van der Waals surface area contributed by atoms with Crippen LogP contribution in [0.5, 0.6) is 5.75 Å². The van der Waals surface area contributed by atoms with Crippen LogP contribution in [0.4, 0.5) is 13.2 Å². The molecule has 0 bridgehead atoms. The molecule has 0 amide bonds. The number of hydrogen-bond donors (Lipinski definition) is 0. The van der Waals surface area contributed by atoms with Gasteiger partial charge in [0.05, 0.1) is 9.92 Å². The Bertz CT molecular complexity index is 761. The van der Waals surface area contributed by atoms with Crippen molar-refractivity contribution in [1.29, 1.82) is 0 Å². The molecule has 0 aliphatic heterocycles. The Morgan fingerprint density at radius 3 is 2.27 bits per heavy atom. The van der Waals surface area contributed by atoms with Gasteiger partial charge in [-0.2, -0.15) is 8.78 Å². The van der Waals surface area contributed by atoms with Crippen molar-refractivity contribution < 1.29 is 26.3 Å². The molecule has 0 fully saturated rings. The Kier molecular flexibility index (Phi) is 4.97. The molecule has 22 heavy (non-hydrogen) atoms. The molecule has 0 N–H and O–H groups in total. The Labute approximate surface area is 130 Å². The number of benzene rings is 2. The topological polar surface area (TPSA) is 43.4 Å². The molecule has 118 valence electrons. The van der Waals surface area contributed by atoms with E-state index >= 15 is 0 Å². The number of sulfone groups is 1. The minimum absolute atomic E-state index is 0.0525. The van der Waals surface area contributed by atoms with Crippen molar-refractivity contribution in [2.75, 3.05) is 0 Å². The summed E-state index contributed by atoms with van der Waals surface area (Å²) in [7, 11) is -4.60. The number of ether oxygens (including phenoxy) is 1. The molecule has 0 heterocycles. The van der Waals surface area contributed by atoms with Gasteiger partial charge >= 0.3 is 5.76 Å². The Morgan fingerprint density at radius 2 is 1.73 bits per heavy atom. The molecule has 0 aromatic heterocycles. The highest BCUT2D eigenvalue weighted by molar-refractivity contribution is 7.91. The summed E-state index contributed by atoms with van der Waals surface area (Å²) in [5.74, 6) is -3.71. The van der Waals surface area contributed by atoms with Crippen LogP contribution < -0.4 is 4.74 Å². The van der Waals surface area contributed by atoms with Gasteiger partial charge in [-0.1, -0.05) is 23.7 Å². The van der Waals surface area contributed by atoms with E-state index in [9.17, 15) is 21.6 Å². The molecule has 0 saturated carbocycles. The van der Waals surface area contributed by atoms with Crippen LogP contribution in [0.25, 0.3) is 0 Å². The van der Waals surface area contributed by atoms with Gasteiger partial charge in [0.1, 0.15) is 18.2 Å². The third kappa shape index (κ3) is 3.72. The van der Waals surface area contributed by atoms with Crippen LogP contribution >= 0.6 is 11.6 Å². The van der Waals surface area contributed by atoms with Gasteiger partial charge < -0.3 is 4.74 Å². The van der Waals surface area contributed by atoms with E-state index in [-0.39, 0.29) is 11.6 Å². The van der Waals surface area contributed by atoms with E-state index in [2.05, 4.69) is 0 Å². The average Bonchev–Trinajstić information content (AvgIpc) is 2.49. The molecular weight excluding hydrogens is 341 g/mol. The van der Waals surface area contributed by atoms with Crippen LogP contribution in [-0.4, -0.2) is 14.2 Å². The molecule has 0 aliphatic rings. The summed E-state index contributed by atoms with van der Waals surface area (Å²) in [5.41, 5.74) is 0.564. The standard InChI is InChI=1S/C14H10ClF3O3S/c15-12-7-10(3-6-13(12)16)21-8-9-1-4-11(5-2-9)22(19,20)14(17)18/h1-7,14H,8H2. The lowest BCUT2D eigenvalue weighted by atomic mass is 10.2. The van der Waals surface area contributed by atoms with Crippen LogP contribution in [0.3, 0.4) is 0 Å². The van der Waals surface area contributed by atoms with Crippen LogP contribution in [0.1, 0.15) is 5.56 Å². The smallest absolute Gasteiger partial charge is 0.341 e. The fourth-order valence-electron chi connectivity index (χ4n) is 1.61. The van der Waals surface area contributed by atoms with Gasteiger partial charge in [0, 0.05) is 6.07 Å². The summed E-state index contributed by atoms with van der Waals surface area (Å²) in [5, 5.41) is -0.0872. The number of halogens is 4. The average molecular weight is 351 g/mol. The molecule has 0 spiro atoms. The second kappa shape index (κ2) is 6.58. The zero-order valence-electron chi connectivity index (χ0n) is 11.0. The van der Waals surface area contributed by atoms with E-state index in [1.54, 1.807) is 0 Å². The largest absolute Gasteiger partial charge is 0.489 e. The van der Waals surface area contributed by atoms with E-state index in [1.165, 1.54) is 24.3 Å². The molecule has 3 nitrogen and oxygen atoms in total. The van der Waals surface area contributed by atoms with Crippen LogP contribution in [0, 0.1) is 5.82 Å². The molecule has 2 rings (SSSR count). The van der Waals surface area contributed by atoms with Gasteiger partial charge in [-0.25, -0.2) is 12.8 Å². The van der Waals surface area contributed by atoms with Crippen molar-refractivity contribution in [3.63, 3.8) is 0 Å². The predicted molar refractivity (Wildman–Crippen MR) is 75.4 cm³/mol. The molecule has 0 saturated heterocycles. The summed E-state index contributed by atoms with van der Waals surface area (Å²) >= 11 is 5.60. The first kappa shape index (κ1) is 16.6. The highest BCUT2D eigenvalue weighted by atomic mass is 35.5. The molecule has 2 aromatic rings. The third-order valence-electron chi connectivity index (χ3n) is 2.78. The highest BCUT2D eigenvalue weighted by Crippen LogP contribution is 2.23. The zero-order chi connectivity index (χ0) is 16.3. The first-order chi connectivity index (χ1) is 10.3. The Morgan fingerprint density at radius 1 is 1.09 bits per heavy atom. The first-order valence-electron chi connectivity index (χ1n) is 5.99. The van der Waals surface area contributed by atoms with E-state index in [1.807, 2.05) is 0 Å². The van der Waals surface area contributed by atoms with Crippen molar-refractivity contribution >= 4 is 21.4 Å². The maximum absolute atomic E-state index is 13.0. The van der Waals surface area contributed by atoms with E-state index < -0.39 is 26.3 Å². The molecule has 0 radical (unpaired) electrons. The number of alkyl halides is 2. The first-order valence-corrected chi connectivity index (χ1v) is 7.92. The molecule has 2 aromatic carbocycles. The SMILES string of the molecule is O=S(=O)(c1ccc(COc2ccc(F)c(Cl)c2)cc1)C(F)F. The molecule has 0 unspecified atom stereocenters. The van der Waals surface area contributed by atoms with E-state index in [0.717, 1.165) is 18.2 Å². The van der Waals surface area contributed by atoms with Crippen LogP contribution in [0.2, 0.25) is 5.02 Å². The van der Waals surface area contributed by atoms with Crippen LogP contribution in [0.15, 0.2) is 47.4 Å². The fraction of sp³-hybridized carbons (Fsp3) is 0.143. The summed E-state index contributed by atoms with van der Waals surface area (Å²) in [4.78, 5) is -0.462. The third-order valence-corrected chi connectivity index (χ3v) is 4.47. The molecule has 8 heteroatoms. The predicted octanol–water partition coefficient (Wildman–Crippen LogP) is 4.05.